The van der Waals surface area contributed by atoms with Gasteiger partial charge in [-0.1, -0.05) is 6.07 Å². The first-order valence-corrected chi connectivity index (χ1v) is 5.81. The van der Waals surface area contributed by atoms with E-state index in [1.165, 1.54) is 0 Å². The Bertz CT molecular complexity index is 582. The highest BCUT2D eigenvalue weighted by Crippen LogP contribution is 2.26. The summed E-state index contributed by atoms with van der Waals surface area (Å²) < 4.78 is 5.41. The standard InChI is InChI=1S/C14H12N2O2/c17-14(16-13-3-1-2-7-15-13)11-4-5-12-10(9-11)6-8-18-12/h1-5,7,9H,6,8H2,(H,15,16,17). The molecule has 0 bridgehead atoms. The first-order chi connectivity index (χ1) is 8.83. The topological polar surface area (TPSA) is 51.2 Å². The fraction of sp³-hybridized carbons (Fsp3) is 0.143. The number of hydrogen-bond acceptors (Lipinski definition) is 3. The van der Waals surface area contributed by atoms with E-state index in [0.29, 0.717) is 18.0 Å². The first-order valence-electron chi connectivity index (χ1n) is 5.81. The highest BCUT2D eigenvalue weighted by molar-refractivity contribution is 6.04. The van der Waals surface area contributed by atoms with E-state index < -0.39 is 0 Å². The molecule has 1 aromatic carbocycles. The summed E-state index contributed by atoms with van der Waals surface area (Å²) in [5, 5.41) is 2.76. The molecular weight excluding hydrogens is 228 g/mol. The second-order valence-corrected chi connectivity index (χ2v) is 4.09. The Hall–Kier alpha value is -2.36. The maximum atomic E-state index is 12.0. The molecule has 0 aliphatic carbocycles. The largest absolute Gasteiger partial charge is 0.493 e. The number of hydrogen-bond donors (Lipinski definition) is 1. The summed E-state index contributed by atoms with van der Waals surface area (Å²) in [5.74, 6) is 1.28. The van der Waals surface area contributed by atoms with Gasteiger partial charge in [-0.3, -0.25) is 4.79 Å². The summed E-state index contributed by atoms with van der Waals surface area (Å²) in [4.78, 5) is 16.1. The molecule has 1 N–H and O–H groups in total. The molecule has 1 aromatic heterocycles. The molecule has 3 rings (SSSR count). The number of rotatable bonds is 2. The van der Waals surface area contributed by atoms with Crippen LogP contribution in [-0.2, 0) is 6.42 Å². The lowest BCUT2D eigenvalue weighted by molar-refractivity contribution is 0.102. The molecule has 0 radical (unpaired) electrons. The van der Waals surface area contributed by atoms with E-state index in [1.807, 2.05) is 24.3 Å². The molecule has 1 amide bonds. The SMILES string of the molecule is O=C(Nc1ccccn1)c1ccc2c(c1)CCO2. The molecule has 90 valence electrons. The smallest absolute Gasteiger partial charge is 0.256 e. The van der Waals surface area contributed by atoms with Crippen molar-refractivity contribution in [3.8, 4) is 5.75 Å². The number of ether oxygens (including phenoxy) is 1. The van der Waals surface area contributed by atoms with Crippen molar-refractivity contribution in [3.63, 3.8) is 0 Å². The fourth-order valence-corrected chi connectivity index (χ4v) is 1.95. The summed E-state index contributed by atoms with van der Waals surface area (Å²) in [6.45, 7) is 0.695. The first kappa shape index (κ1) is 10.8. The quantitative estimate of drug-likeness (QED) is 0.876. The molecule has 4 nitrogen and oxygen atoms in total. The van der Waals surface area contributed by atoms with Crippen LogP contribution in [0.3, 0.4) is 0 Å². The zero-order chi connectivity index (χ0) is 12.4. The average Bonchev–Trinajstić information content (AvgIpc) is 2.87. The number of nitrogens with zero attached hydrogens (tertiary/aromatic N) is 1. The van der Waals surface area contributed by atoms with E-state index in [4.69, 9.17) is 4.74 Å². The summed E-state index contributed by atoms with van der Waals surface area (Å²) in [7, 11) is 0. The van der Waals surface area contributed by atoms with Gasteiger partial charge in [-0.05, 0) is 35.9 Å². The van der Waals surface area contributed by atoms with Crippen LogP contribution >= 0.6 is 0 Å². The van der Waals surface area contributed by atoms with Crippen LogP contribution in [-0.4, -0.2) is 17.5 Å². The third-order valence-corrected chi connectivity index (χ3v) is 2.86. The van der Waals surface area contributed by atoms with Crippen molar-refractivity contribution >= 4 is 11.7 Å². The van der Waals surface area contributed by atoms with Crippen LogP contribution in [0.2, 0.25) is 0 Å². The minimum atomic E-state index is -0.150. The molecule has 1 aliphatic heterocycles. The lowest BCUT2D eigenvalue weighted by Crippen LogP contribution is -2.12. The third-order valence-electron chi connectivity index (χ3n) is 2.86. The Kier molecular flexibility index (Phi) is 2.68. The van der Waals surface area contributed by atoms with Gasteiger partial charge in [-0.25, -0.2) is 4.98 Å². The average molecular weight is 240 g/mol. The van der Waals surface area contributed by atoms with E-state index >= 15 is 0 Å². The highest BCUT2D eigenvalue weighted by Gasteiger charge is 2.15. The number of amides is 1. The molecule has 2 aromatic rings. The normalized spacial score (nSPS) is 12.7. The second-order valence-electron chi connectivity index (χ2n) is 4.09. The Morgan fingerprint density at radius 3 is 3.06 bits per heavy atom. The Balaban J connectivity index is 1.81. The van der Waals surface area contributed by atoms with Gasteiger partial charge in [-0.15, -0.1) is 0 Å². The second kappa shape index (κ2) is 4.49. The number of nitrogens with one attached hydrogen (secondary N) is 1. The minimum Gasteiger partial charge on any atom is -0.493 e. The van der Waals surface area contributed by atoms with Crippen molar-refractivity contribution in [2.45, 2.75) is 6.42 Å². The van der Waals surface area contributed by atoms with Gasteiger partial charge in [0.25, 0.3) is 5.91 Å². The zero-order valence-corrected chi connectivity index (χ0v) is 9.72. The van der Waals surface area contributed by atoms with E-state index in [9.17, 15) is 4.79 Å². The molecule has 0 saturated carbocycles. The van der Waals surface area contributed by atoms with Crippen LogP contribution in [0.15, 0.2) is 42.6 Å². The molecule has 2 heterocycles. The predicted molar refractivity (Wildman–Crippen MR) is 67.8 cm³/mol. The zero-order valence-electron chi connectivity index (χ0n) is 9.72. The Morgan fingerprint density at radius 1 is 1.28 bits per heavy atom. The minimum absolute atomic E-state index is 0.150. The maximum Gasteiger partial charge on any atom is 0.256 e. The van der Waals surface area contributed by atoms with Crippen molar-refractivity contribution in [1.82, 2.24) is 4.98 Å². The van der Waals surface area contributed by atoms with Gasteiger partial charge in [0.05, 0.1) is 6.61 Å². The van der Waals surface area contributed by atoms with Crippen molar-refractivity contribution in [1.29, 1.82) is 0 Å². The van der Waals surface area contributed by atoms with Crippen molar-refractivity contribution in [3.05, 3.63) is 53.7 Å². The van der Waals surface area contributed by atoms with Crippen LogP contribution in [0.1, 0.15) is 15.9 Å². The summed E-state index contributed by atoms with van der Waals surface area (Å²) >= 11 is 0. The van der Waals surface area contributed by atoms with Crippen LogP contribution < -0.4 is 10.1 Å². The lowest BCUT2D eigenvalue weighted by atomic mass is 10.1. The molecule has 4 heteroatoms. The number of pyridine rings is 1. The van der Waals surface area contributed by atoms with Gasteiger partial charge < -0.3 is 10.1 Å². The van der Waals surface area contributed by atoms with Crippen molar-refractivity contribution < 1.29 is 9.53 Å². The number of benzene rings is 1. The molecule has 1 aliphatic rings. The van der Waals surface area contributed by atoms with E-state index in [2.05, 4.69) is 10.3 Å². The predicted octanol–water partition coefficient (Wildman–Crippen LogP) is 2.27. The fourth-order valence-electron chi connectivity index (χ4n) is 1.95. The summed E-state index contributed by atoms with van der Waals surface area (Å²) in [6.07, 6.45) is 2.51. The van der Waals surface area contributed by atoms with E-state index in [0.717, 1.165) is 17.7 Å². The van der Waals surface area contributed by atoms with E-state index in [1.54, 1.807) is 18.3 Å². The molecule has 0 spiro atoms. The van der Waals surface area contributed by atoms with Crippen LogP contribution in [0.5, 0.6) is 5.75 Å². The van der Waals surface area contributed by atoms with Gasteiger partial charge in [0.2, 0.25) is 0 Å². The third kappa shape index (κ3) is 2.05. The van der Waals surface area contributed by atoms with E-state index in [-0.39, 0.29) is 5.91 Å². The lowest BCUT2D eigenvalue weighted by Gasteiger charge is -2.05. The monoisotopic (exact) mass is 240 g/mol. The summed E-state index contributed by atoms with van der Waals surface area (Å²) in [6, 6.07) is 10.9. The van der Waals surface area contributed by atoms with Gasteiger partial charge in [0.1, 0.15) is 11.6 Å². The molecular formula is C14H12N2O2. The molecule has 0 unspecified atom stereocenters. The number of anilines is 1. The van der Waals surface area contributed by atoms with Crippen LogP contribution in [0.4, 0.5) is 5.82 Å². The molecule has 0 atom stereocenters. The molecule has 0 fully saturated rings. The molecule has 18 heavy (non-hydrogen) atoms. The number of carbonyl (C=O) groups is 1. The number of carbonyl (C=O) groups excluding carboxylic acids is 1. The maximum absolute atomic E-state index is 12.0. The number of aromatic nitrogens is 1. The van der Waals surface area contributed by atoms with Crippen LogP contribution in [0, 0.1) is 0 Å². The van der Waals surface area contributed by atoms with Crippen molar-refractivity contribution in [2.24, 2.45) is 0 Å². The van der Waals surface area contributed by atoms with Crippen LogP contribution in [0.25, 0.3) is 0 Å². The highest BCUT2D eigenvalue weighted by atomic mass is 16.5. The van der Waals surface area contributed by atoms with Gasteiger partial charge in [0, 0.05) is 18.2 Å². The number of fused-ring (bicyclic) bond motifs is 1. The van der Waals surface area contributed by atoms with Gasteiger partial charge in [-0.2, -0.15) is 0 Å². The van der Waals surface area contributed by atoms with Crippen molar-refractivity contribution in [2.75, 3.05) is 11.9 Å². The Labute approximate surface area is 105 Å². The van der Waals surface area contributed by atoms with Gasteiger partial charge in [0.15, 0.2) is 0 Å². The Morgan fingerprint density at radius 2 is 2.22 bits per heavy atom. The van der Waals surface area contributed by atoms with Gasteiger partial charge >= 0.3 is 0 Å². The summed E-state index contributed by atoms with van der Waals surface area (Å²) in [5.41, 5.74) is 1.72. The molecule has 0 saturated heterocycles.